The fourth-order valence-electron chi connectivity index (χ4n) is 4.29. The van der Waals surface area contributed by atoms with E-state index < -0.39 is 0 Å². The monoisotopic (exact) mass is 244 g/mol. The van der Waals surface area contributed by atoms with E-state index in [1.165, 1.54) is 12.0 Å². The Labute approximate surface area is 106 Å². The average Bonchev–Trinajstić information content (AvgIpc) is 3.07. The molecule has 94 valence electrons. The summed E-state index contributed by atoms with van der Waals surface area (Å²) in [7, 11) is 1.81. The summed E-state index contributed by atoms with van der Waals surface area (Å²) in [5.41, 5.74) is 1.85. The van der Waals surface area contributed by atoms with Crippen molar-refractivity contribution < 1.29 is 14.3 Å². The molecule has 3 heteroatoms. The molecule has 0 radical (unpaired) electrons. The molecule has 4 unspecified atom stereocenters. The molecule has 1 aliphatic heterocycles. The second-order valence-corrected chi connectivity index (χ2v) is 5.75. The molecule has 0 N–H and O–H groups in total. The first-order chi connectivity index (χ1) is 8.77. The third kappa shape index (κ3) is 1.11. The Kier molecular flexibility index (Phi) is 1.97. The molecule has 3 aliphatic rings. The third-order valence-electron chi connectivity index (χ3n) is 5.08. The minimum Gasteiger partial charge on any atom is -0.489 e. The van der Waals surface area contributed by atoms with Crippen LogP contribution < -0.4 is 4.74 Å². The summed E-state index contributed by atoms with van der Waals surface area (Å²) in [5, 5.41) is 0. The predicted octanol–water partition coefficient (Wildman–Crippen LogP) is 2.54. The van der Waals surface area contributed by atoms with Gasteiger partial charge in [-0.05, 0) is 43.4 Å². The molecule has 1 heterocycles. The van der Waals surface area contributed by atoms with Gasteiger partial charge in [0.2, 0.25) is 0 Å². The Morgan fingerprint density at radius 3 is 3.17 bits per heavy atom. The van der Waals surface area contributed by atoms with Crippen LogP contribution in [0.5, 0.6) is 5.75 Å². The van der Waals surface area contributed by atoms with Gasteiger partial charge in [-0.1, -0.05) is 0 Å². The molecule has 2 aliphatic carbocycles. The lowest BCUT2D eigenvalue weighted by Crippen LogP contribution is -2.38. The molecule has 4 rings (SSSR count). The first-order valence-corrected chi connectivity index (χ1v) is 6.58. The molecule has 0 saturated heterocycles. The number of carbonyl (C=O) groups excluding carboxylic acids is 1. The van der Waals surface area contributed by atoms with Gasteiger partial charge in [0.25, 0.3) is 0 Å². The van der Waals surface area contributed by atoms with Crippen LogP contribution in [-0.2, 0) is 4.74 Å². The molecule has 3 nitrogen and oxygen atoms in total. The maximum absolute atomic E-state index is 10.9. The number of fused-ring (bicyclic) bond motifs is 7. The maximum Gasteiger partial charge on any atom is 0.150 e. The molecule has 1 aromatic carbocycles. The maximum atomic E-state index is 10.9. The second kappa shape index (κ2) is 3.35. The summed E-state index contributed by atoms with van der Waals surface area (Å²) < 4.78 is 12.0. The van der Waals surface area contributed by atoms with E-state index in [0.29, 0.717) is 11.8 Å². The van der Waals surface area contributed by atoms with Gasteiger partial charge in [0.05, 0.1) is 11.5 Å². The van der Waals surface area contributed by atoms with E-state index in [-0.39, 0.29) is 11.7 Å². The van der Waals surface area contributed by atoms with Gasteiger partial charge in [0.1, 0.15) is 18.1 Å². The number of hydrogen-bond donors (Lipinski definition) is 0. The Morgan fingerprint density at radius 1 is 1.50 bits per heavy atom. The Hall–Kier alpha value is -1.35. The highest BCUT2D eigenvalue weighted by atomic mass is 16.5. The second-order valence-electron chi connectivity index (χ2n) is 5.75. The van der Waals surface area contributed by atoms with Crippen molar-refractivity contribution in [3.63, 3.8) is 0 Å². The standard InChI is InChI=1S/C15H16O3/c1-17-15-5-4-10(7-15)14-13(15)11-6-9(8-16)2-3-12(11)18-14/h2-3,6,8,10,13-14H,4-5,7H2,1H3. The molecule has 0 amide bonds. The van der Waals surface area contributed by atoms with Crippen LogP contribution >= 0.6 is 0 Å². The van der Waals surface area contributed by atoms with Gasteiger partial charge < -0.3 is 9.47 Å². The van der Waals surface area contributed by atoms with E-state index in [4.69, 9.17) is 9.47 Å². The van der Waals surface area contributed by atoms with Crippen LogP contribution in [-0.4, -0.2) is 25.1 Å². The largest absolute Gasteiger partial charge is 0.489 e. The van der Waals surface area contributed by atoms with Crippen molar-refractivity contribution in [3.8, 4) is 5.75 Å². The number of benzene rings is 1. The zero-order chi connectivity index (χ0) is 12.3. The fraction of sp³-hybridized carbons (Fsp3) is 0.533. The number of hydrogen-bond acceptors (Lipinski definition) is 3. The van der Waals surface area contributed by atoms with Crippen LogP contribution in [0.3, 0.4) is 0 Å². The molecule has 1 aromatic rings. The van der Waals surface area contributed by atoms with Gasteiger partial charge in [0.15, 0.2) is 0 Å². The zero-order valence-corrected chi connectivity index (χ0v) is 10.4. The highest BCUT2D eigenvalue weighted by Gasteiger charge is 2.62. The van der Waals surface area contributed by atoms with Gasteiger partial charge in [-0.15, -0.1) is 0 Å². The minimum absolute atomic E-state index is 0.0535. The highest BCUT2D eigenvalue weighted by Crippen LogP contribution is 2.62. The lowest BCUT2D eigenvalue weighted by Gasteiger charge is -2.33. The SMILES string of the molecule is COC12CCC(C1)C1Oc3ccc(C=O)cc3C12. The summed E-state index contributed by atoms with van der Waals surface area (Å²) in [6.07, 6.45) is 4.58. The quantitative estimate of drug-likeness (QED) is 0.750. The van der Waals surface area contributed by atoms with Gasteiger partial charge >= 0.3 is 0 Å². The first-order valence-electron chi connectivity index (χ1n) is 6.58. The first kappa shape index (κ1) is 10.6. The molecule has 4 atom stereocenters. The number of rotatable bonds is 2. The molecule has 2 saturated carbocycles. The summed E-state index contributed by atoms with van der Waals surface area (Å²) in [4.78, 5) is 10.9. The van der Waals surface area contributed by atoms with E-state index in [1.54, 1.807) is 0 Å². The number of ether oxygens (including phenoxy) is 2. The molecule has 18 heavy (non-hydrogen) atoms. The topological polar surface area (TPSA) is 35.5 Å². The zero-order valence-electron chi connectivity index (χ0n) is 10.4. The van der Waals surface area contributed by atoms with Crippen molar-refractivity contribution in [2.45, 2.75) is 36.9 Å². The van der Waals surface area contributed by atoms with Crippen LogP contribution in [0.4, 0.5) is 0 Å². The van der Waals surface area contributed by atoms with Gasteiger partial charge in [0, 0.05) is 18.2 Å². The molecule has 2 bridgehead atoms. The normalized spacial score (nSPS) is 39.3. The molecule has 2 fully saturated rings. The average molecular weight is 244 g/mol. The smallest absolute Gasteiger partial charge is 0.150 e. The van der Waals surface area contributed by atoms with Crippen molar-refractivity contribution >= 4 is 6.29 Å². The Morgan fingerprint density at radius 2 is 2.39 bits per heavy atom. The lowest BCUT2D eigenvalue weighted by molar-refractivity contribution is -0.0283. The van der Waals surface area contributed by atoms with E-state index in [9.17, 15) is 4.79 Å². The molecule has 0 aromatic heterocycles. The number of aldehydes is 1. The van der Waals surface area contributed by atoms with Crippen molar-refractivity contribution in [2.24, 2.45) is 5.92 Å². The van der Waals surface area contributed by atoms with Crippen LogP contribution in [0.25, 0.3) is 0 Å². The third-order valence-corrected chi connectivity index (χ3v) is 5.08. The summed E-state index contributed by atoms with van der Waals surface area (Å²) in [6, 6.07) is 5.74. The van der Waals surface area contributed by atoms with Crippen LogP contribution in [0, 0.1) is 5.92 Å². The van der Waals surface area contributed by atoms with E-state index in [2.05, 4.69) is 0 Å². The van der Waals surface area contributed by atoms with Gasteiger partial charge in [-0.3, -0.25) is 4.79 Å². The molecular weight excluding hydrogens is 228 g/mol. The summed E-state index contributed by atoms with van der Waals surface area (Å²) >= 11 is 0. The van der Waals surface area contributed by atoms with E-state index in [0.717, 1.165) is 30.4 Å². The highest BCUT2D eigenvalue weighted by molar-refractivity contribution is 5.76. The summed E-state index contributed by atoms with van der Waals surface area (Å²) in [5.74, 6) is 1.88. The fourth-order valence-corrected chi connectivity index (χ4v) is 4.29. The summed E-state index contributed by atoms with van der Waals surface area (Å²) in [6.45, 7) is 0. The Balaban J connectivity index is 1.85. The Bertz CT molecular complexity index is 524. The van der Waals surface area contributed by atoms with E-state index in [1.807, 2.05) is 25.3 Å². The van der Waals surface area contributed by atoms with E-state index >= 15 is 0 Å². The van der Waals surface area contributed by atoms with Crippen molar-refractivity contribution in [3.05, 3.63) is 29.3 Å². The predicted molar refractivity (Wildman–Crippen MR) is 66.1 cm³/mol. The molecule has 0 spiro atoms. The lowest BCUT2D eigenvalue weighted by atomic mass is 9.79. The molecular formula is C15H16O3. The van der Waals surface area contributed by atoms with Gasteiger partial charge in [-0.2, -0.15) is 0 Å². The minimum atomic E-state index is -0.0535. The van der Waals surface area contributed by atoms with Gasteiger partial charge in [-0.25, -0.2) is 0 Å². The number of methoxy groups -OCH3 is 1. The van der Waals surface area contributed by atoms with Crippen molar-refractivity contribution in [1.29, 1.82) is 0 Å². The van der Waals surface area contributed by atoms with Crippen LogP contribution in [0.2, 0.25) is 0 Å². The van der Waals surface area contributed by atoms with Crippen molar-refractivity contribution in [2.75, 3.05) is 7.11 Å². The number of carbonyl (C=O) groups is 1. The van der Waals surface area contributed by atoms with Crippen molar-refractivity contribution in [1.82, 2.24) is 0 Å². The van der Waals surface area contributed by atoms with Crippen LogP contribution in [0.1, 0.15) is 41.1 Å². The van der Waals surface area contributed by atoms with Crippen LogP contribution in [0.15, 0.2) is 18.2 Å².